The van der Waals surface area contributed by atoms with Crippen LogP contribution in [0.1, 0.15) is 23.2 Å². The summed E-state index contributed by atoms with van der Waals surface area (Å²) in [5.41, 5.74) is 11.9. The lowest BCUT2D eigenvalue weighted by Crippen LogP contribution is -2.37. The Balaban J connectivity index is 2.27. The molecule has 0 aromatic heterocycles. The summed E-state index contributed by atoms with van der Waals surface area (Å²) < 4.78 is 0.699. The van der Waals surface area contributed by atoms with E-state index in [1.165, 1.54) is 0 Å². The van der Waals surface area contributed by atoms with Crippen molar-refractivity contribution in [3.05, 3.63) is 28.2 Å². The molecule has 20 heavy (non-hydrogen) atoms. The quantitative estimate of drug-likeness (QED) is 0.487. The number of carbonyl (C=O) groups is 2. The normalized spacial score (nSPS) is 17.9. The van der Waals surface area contributed by atoms with Crippen LogP contribution in [0.4, 0.5) is 5.69 Å². The molecule has 1 aromatic rings. The van der Waals surface area contributed by atoms with E-state index in [9.17, 15) is 9.59 Å². The van der Waals surface area contributed by atoms with Crippen LogP contribution in [-0.4, -0.2) is 30.7 Å². The van der Waals surface area contributed by atoms with Gasteiger partial charge in [-0.2, -0.15) is 4.99 Å². The third kappa shape index (κ3) is 2.98. The average molecular weight is 339 g/mol. The van der Waals surface area contributed by atoms with E-state index in [1.807, 2.05) is 17.0 Å². The molecule has 1 saturated heterocycles. The van der Waals surface area contributed by atoms with Crippen LogP contribution in [0.15, 0.2) is 27.7 Å². The fraction of sp³-hybridized carbons (Fsp3) is 0.308. The average Bonchev–Trinajstić information content (AvgIpc) is 2.87. The standard InChI is InChI=1S/C13H15BrN4O2/c14-10-6-9(4-3-8(10)7-19)18-5-1-2-11(18)12(20)17-13(15)16/h3-4,6-7,11H,1-2,5H2,(H4,15,16,17,20)/t11-/m0/s1. The third-order valence-corrected chi connectivity index (χ3v) is 3.91. The minimum atomic E-state index is -0.355. The van der Waals surface area contributed by atoms with Crippen LogP contribution in [0.25, 0.3) is 0 Å². The summed E-state index contributed by atoms with van der Waals surface area (Å²) in [5, 5.41) is 0. The van der Waals surface area contributed by atoms with E-state index in [0.29, 0.717) is 16.5 Å². The minimum Gasteiger partial charge on any atom is -0.370 e. The molecule has 0 radical (unpaired) electrons. The molecule has 0 bridgehead atoms. The molecule has 0 spiro atoms. The summed E-state index contributed by atoms with van der Waals surface area (Å²) in [4.78, 5) is 28.4. The Morgan fingerprint density at radius 2 is 2.20 bits per heavy atom. The summed E-state index contributed by atoms with van der Waals surface area (Å²) in [6, 6.07) is 5.00. The van der Waals surface area contributed by atoms with E-state index in [2.05, 4.69) is 20.9 Å². The zero-order valence-electron chi connectivity index (χ0n) is 10.8. The monoisotopic (exact) mass is 338 g/mol. The van der Waals surface area contributed by atoms with Gasteiger partial charge in [-0.3, -0.25) is 9.59 Å². The summed E-state index contributed by atoms with van der Waals surface area (Å²) in [7, 11) is 0. The number of anilines is 1. The van der Waals surface area contributed by atoms with Gasteiger partial charge in [0.2, 0.25) is 0 Å². The molecule has 0 saturated carbocycles. The Bertz CT molecular complexity index is 569. The molecule has 4 N–H and O–H groups in total. The fourth-order valence-corrected chi connectivity index (χ4v) is 2.78. The number of carbonyl (C=O) groups excluding carboxylic acids is 2. The topological polar surface area (TPSA) is 102 Å². The number of aldehydes is 1. The number of aliphatic imine (C=N–C) groups is 1. The summed E-state index contributed by atoms with van der Waals surface area (Å²) >= 11 is 3.34. The molecule has 7 heteroatoms. The number of hydrogen-bond acceptors (Lipinski definition) is 3. The SMILES string of the molecule is NC(N)=NC(=O)[C@@H]1CCCN1c1ccc(C=O)c(Br)c1. The van der Waals surface area contributed by atoms with Crippen molar-refractivity contribution >= 4 is 39.8 Å². The van der Waals surface area contributed by atoms with Crippen molar-refractivity contribution in [1.82, 2.24) is 0 Å². The van der Waals surface area contributed by atoms with Crippen LogP contribution in [-0.2, 0) is 4.79 Å². The maximum Gasteiger partial charge on any atom is 0.271 e. The van der Waals surface area contributed by atoms with Crippen LogP contribution in [0, 0.1) is 0 Å². The summed E-state index contributed by atoms with van der Waals surface area (Å²) in [6.07, 6.45) is 2.38. The van der Waals surface area contributed by atoms with Crippen LogP contribution in [0.2, 0.25) is 0 Å². The molecule has 1 aliphatic heterocycles. The maximum atomic E-state index is 12.0. The lowest BCUT2D eigenvalue weighted by molar-refractivity contribution is -0.118. The highest BCUT2D eigenvalue weighted by molar-refractivity contribution is 9.10. The van der Waals surface area contributed by atoms with Gasteiger partial charge in [-0.15, -0.1) is 0 Å². The van der Waals surface area contributed by atoms with E-state index < -0.39 is 0 Å². The molecule has 6 nitrogen and oxygen atoms in total. The number of hydrogen-bond donors (Lipinski definition) is 2. The predicted octanol–water partition coefficient (Wildman–Crippen LogP) is 1.03. The van der Waals surface area contributed by atoms with E-state index in [4.69, 9.17) is 11.5 Å². The number of halogens is 1. The molecule has 1 aliphatic rings. The molecule has 0 aliphatic carbocycles. The molecular weight excluding hydrogens is 324 g/mol. The Kier molecular flexibility index (Phi) is 4.39. The molecule has 1 fully saturated rings. The van der Waals surface area contributed by atoms with Crippen molar-refractivity contribution in [3.63, 3.8) is 0 Å². The van der Waals surface area contributed by atoms with Gasteiger partial charge in [0.25, 0.3) is 5.91 Å². The molecule has 1 atom stereocenters. The number of guanidine groups is 1. The number of amides is 1. The first-order chi connectivity index (χ1) is 9.52. The Morgan fingerprint density at radius 3 is 2.80 bits per heavy atom. The third-order valence-electron chi connectivity index (χ3n) is 3.22. The molecular formula is C13H15BrN4O2. The summed E-state index contributed by atoms with van der Waals surface area (Å²) in [5.74, 6) is -0.558. The van der Waals surface area contributed by atoms with E-state index >= 15 is 0 Å². The fourth-order valence-electron chi connectivity index (χ4n) is 2.32. The van der Waals surface area contributed by atoms with Gasteiger partial charge in [0.05, 0.1) is 0 Å². The highest BCUT2D eigenvalue weighted by atomic mass is 79.9. The predicted molar refractivity (Wildman–Crippen MR) is 80.7 cm³/mol. The van der Waals surface area contributed by atoms with Crippen molar-refractivity contribution in [3.8, 4) is 0 Å². The maximum absolute atomic E-state index is 12.0. The van der Waals surface area contributed by atoms with Gasteiger partial charge in [-0.25, -0.2) is 0 Å². The Morgan fingerprint density at radius 1 is 1.45 bits per heavy atom. The van der Waals surface area contributed by atoms with Gasteiger partial charge in [-0.05, 0) is 47.0 Å². The van der Waals surface area contributed by atoms with Gasteiger partial charge in [-0.1, -0.05) is 0 Å². The second-order valence-electron chi connectivity index (χ2n) is 4.55. The van der Waals surface area contributed by atoms with Gasteiger partial charge in [0, 0.05) is 22.3 Å². The van der Waals surface area contributed by atoms with Gasteiger partial charge in [0.1, 0.15) is 6.04 Å². The van der Waals surface area contributed by atoms with E-state index in [0.717, 1.165) is 24.9 Å². The zero-order chi connectivity index (χ0) is 14.7. The highest BCUT2D eigenvalue weighted by Gasteiger charge is 2.31. The van der Waals surface area contributed by atoms with Crippen molar-refractivity contribution in [1.29, 1.82) is 0 Å². The first-order valence-electron chi connectivity index (χ1n) is 6.18. The second-order valence-corrected chi connectivity index (χ2v) is 5.40. The number of nitrogens with two attached hydrogens (primary N) is 2. The van der Waals surface area contributed by atoms with Gasteiger partial charge < -0.3 is 16.4 Å². The lowest BCUT2D eigenvalue weighted by atomic mass is 10.1. The van der Waals surface area contributed by atoms with E-state index in [-0.39, 0.29) is 17.9 Å². The van der Waals surface area contributed by atoms with Crippen molar-refractivity contribution in [2.45, 2.75) is 18.9 Å². The largest absolute Gasteiger partial charge is 0.370 e. The van der Waals surface area contributed by atoms with Crippen molar-refractivity contribution in [2.75, 3.05) is 11.4 Å². The van der Waals surface area contributed by atoms with Crippen LogP contribution >= 0.6 is 15.9 Å². The molecule has 1 aromatic carbocycles. The smallest absolute Gasteiger partial charge is 0.271 e. The van der Waals surface area contributed by atoms with Crippen molar-refractivity contribution < 1.29 is 9.59 Å². The second kappa shape index (κ2) is 6.04. The molecule has 106 valence electrons. The Labute approximate surface area is 125 Å². The van der Waals surface area contributed by atoms with Gasteiger partial charge in [0.15, 0.2) is 12.2 Å². The van der Waals surface area contributed by atoms with Crippen LogP contribution in [0.5, 0.6) is 0 Å². The number of nitrogens with zero attached hydrogens (tertiary/aromatic N) is 2. The summed E-state index contributed by atoms with van der Waals surface area (Å²) in [6.45, 7) is 0.753. The van der Waals surface area contributed by atoms with Crippen molar-refractivity contribution in [2.24, 2.45) is 16.5 Å². The molecule has 2 rings (SSSR count). The molecule has 1 heterocycles. The first kappa shape index (κ1) is 14.5. The van der Waals surface area contributed by atoms with Crippen LogP contribution < -0.4 is 16.4 Å². The number of rotatable bonds is 3. The van der Waals surface area contributed by atoms with Gasteiger partial charge >= 0.3 is 0 Å². The zero-order valence-corrected chi connectivity index (χ0v) is 12.3. The Hall–Kier alpha value is -1.89. The lowest BCUT2D eigenvalue weighted by Gasteiger charge is -2.24. The first-order valence-corrected chi connectivity index (χ1v) is 6.97. The highest BCUT2D eigenvalue weighted by Crippen LogP contribution is 2.29. The number of benzene rings is 1. The minimum absolute atomic E-state index is 0.223. The van der Waals surface area contributed by atoms with E-state index in [1.54, 1.807) is 6.07 Å². The van der Waals surface area contributed by atoms with Crippen LogP contribution in [0.3, 0.4) is 0 Å². The molecule has 0 unspecified atom stereocenters. The molecule has 1 amide bonds.